The Labute approximate surface area is 88.2 Å². The SMILES string of the molecule is CCC1=NCCC1.C[C@@H]1CCCCN1. The second-order valence-electron chi connectivity index (χ2n) is 4.26. The molecule has 0 aromatic rings. The third-order valence-corrected chi connectivity index (χ3v) is 2.92. The molecule has 2 heteroatoms. The van der Waals surface area contributed by atoms with Gasteiger partial charge in [-0.1, -0.05) is 13.3 Å². The Kier molecular flexibility index (Phi) is 5.85. The Bertz CT molecular complexity index is 169. The molecule has 82 valence electrons. The third-order valence-electron chi connectivity index (χ3n) is 2.92. The summed E-state index contributed by atoms with van der Waals surface area (Å²) in [4.78, 5) is 4.27. The van der Waals surface area contributed by atoms with E-state index in [0.717, 1.165) is 12.6 Å². The highest BCUT2D eigenvalue weighted by molar-refractivity contribution is 5.85. The zero-order valence-electron chi connectivity index (χ0n) is 9.68. The second kappa shape index (κ2) is 6.99. The summed E-state index contributed by atoms with van der Waals surface area (Å²) in [6.07, 6.45) is 7.90. The molecule has 1 saturated heterocycles. The van der Waals surface area contributed by atoms with Gasteiger partial charge in [-0.3, -0.25) is 4.99 Å². The highest BCUT2D eigenvalue weighted by atomic mass is 14.9. The number of hydrogen-bond acceptors (Lipinski definition) is 2. The van der Waals surface area contributed by atoms with Gasteiger partial charge in [-0.15, -0.1) is 0 Å². The largest absolute Gasteiger partial charge is 0.314 e. The maximum atomic E-state index is 4.27. The minimum absolute atomic E-state index is 0.786. The van der Waals surface area contributed by atoms with Crippen LogP contribution in [0.4, 0.5) is 0 Å². The summed E-state index contributed by atoms with van der Waals surface area (Å²) in [5.41, 5.74) is 1.42. The van der Waals surface area contributed by atoms with Crippen LogP contribution in [0.1, 0.15) is 52.4 Å². The molecule has 1 atom stereocenters. The lowest BCUT2D eigenvalue weighted by molar-refractivity contribution is 0.425. The number of nitrogens with zero attached hydrogens (tertiary/aromatic N) is 1. The molecule has 0 aromatic carbocycles. The van der Waals surface area contributed by atoms with Gasteiger partial charge in [0.15, 0.2) is 0 Å². The van der Waals surface area contributed by atoms with Crippen molar-refractivity contribution < 1.29 is 0 Å². The summed E-state index contributed by atoms with van der Waals surface area (Å²) in [6, 6.07) is 0.786. The maximum absolute atomic E-state index is 4.27. The lowest BCUT2D eigenvalue weighted by Crippen LogP contribution is -2.30. The van der Waals surface area contributed by atoms with E-state index in [0.29, 0.717) is 0 Å². The van der Waals surface area contributed by atoms with Crippen molar-refractivity contribution in [3.63, 3.8) is 0 Å². The molecule has 2 rings (SSSR count). The third kappa shape index (κ3) is 4.75. The standard InChI is InChI=1S/C6H13N.C6H11N/c1-6-4-2-3-5-7-6;1-2-6-4-3-5-7-6/h6-7H,2-5H2,1H3;2-5H2,1H3/t6-;/m1./s1. The van der Waals surface area contributed by atoms with Crippen LogP contribution in [0.25, 0.3) is 0 Å². The van der Waals surface area contributed by atoms with Gasteiger partial charge in [0.1, 0.15) is 0 Å². The monoisotopic (exact) mass is 196 g/mol. The van der Waals surface area contributed by atoms with Crippen molar-refractivity contribution in [1.82, 2.24) is 5.32 Å². The molecule has 0 unspecified atom stereocenters. The average Bonchev–Trinajstić information content (AvgIpc) is 2.72. The van der Waals surface area contributed by atoms with Crippen LogP contribution in [0.15, 0.2) is 4.99 Å². The van der Waals surface area contributed by atoms with Gasteiger partial charge in [-0.2, -0.15) is 0 Å². The van der Waals surface area contributed by atoms with E-state index >= 15 is 0 Å². The molecule has 1 fully saturated rings. The molecule has 0 aliphatic carbocycles. The Morgan fingerprint density at radius 1 is 1.36 bits per heavy atom. The van der Waals surface area contributed by atoms with Crippen molar-refractivity contribution in [1.29, 1.82) is 0 Å². The topological polar surface area (TPSA) is 24.4 Å². The van der Waals surface area contributed by atoms with E-state index < -0.39 is 0 Å². The minimum Gasteiger partial charge on any atom is -0.314 e. The average molecular weight is 196 g/mol. The molecule has 0 radical (unpaired) electrons. The van der Waals surface area contributed by atoms with Crippen LogP contribution < -0.4 is 5.32 Å². The zero-order chi connectivity index (χ0) is 10.2. The van der Waals surface area contributed by atoms with Crippen molar-refractivity contribution in [2.75, 3.05) is 13.1 Å². The quantitative estimate of drug-likeness (QED) is 0.685. The Morgan fingerprint density at radius 2 is 2.21 bits per heavy atom. The molecular formula is C12H24N2. The van der Waals surface area contributed by atoms with Crippen LogP contribution in [0.3, 0.4) is 0 Å². The van der Waals surface area contributed by atoms with Crippen LogP contribution in [0.2, 0.25) is 0 Å². The van der Waals surface area contributed by atoms with Crippen LogP contribution in [0, 0.1) is 0 Å². The number of hydrogen-bond donors (Lipinski definition) is 1. The van der Waals surface area contributed by atoms with Gasteiger partial charge in [-0.25, -0.2) is 0 Å². The van der Waals surface area contributed by atoms with Crippen molar-refractivity contribution in [3.05, 3.63) is 0 Å². The van der Waals surface area contributed by atoms with E-state index in [1.54, 1.807) is 0 Å². The Balaban J connectivity index is 0.000000140. The fraction of sp³-hybridized carbons (Fsp3) is 0.917. The lowest BCUT2D eigenvalue weighted by atomic mass is 10.1. The van der Waals surface area contributed by atoms with E-state index in [1.165, 1.54) is 50.8 Å². The zero-order valence-corrected chi connectivity index (χ0v) is 9.68. The molecule has 0 bridgehead atoms. The minimum atomic E-state index is 0.786. The predicted molar refractivity (Wildman–Crippen MR) is 63.1 cm³/mol. The van der Waals surface area contributed by atoms with Gasteiger partial charge < -0.3 is 5.32 Å². The van der Waals surface area contributed by atoms with Crippen LogP contribution in [0.5, 0.6) is 0 Å². The first-order valence-corrected chi connectivity index (χ1v) is 6.08. The molecule has 14 heavy (non-hydrogen) atoms. The smallest absolute Gasteiger partial charge is 0.0392 e. The van der Waals surface area contributed by atoms with E-state index in [9.17, 15) is 0 Å². The van der Waals surface area contributed by atoms with Crippen LogP contribution in [-0.2, 0) is 0 Å². The summed E-state index contributed by atoms with van der Waals surface area (Å²) in [5.74, 6) is 0. The van der Waals surface area contributed by atoms with E-state index in [-0.39, 0.29) is 0 Å². The summed E-state index contributed by atoms with van der Waals surface area (Å²) >= 11 is 0. The normalized spacial score (nSPS) is 26.4. The van der Waals surface area contributed by atoms with Gasteiger partial charge in [0.05, 0.1) is 0 Å². The Morgan fingerprint density at radius 3 is 2.50 bits per heavy atom. The molecule has 2 aliphatic rings. The molecule has 2 nitrogen and oxygen atoms in total. The first-order chi connectivity index (χ1) is 6.83. The van der Waals surface area contributed by atoms with Crippen molar-refractivity contribution in [3.8, 4) is 0 Å². The summed E-state index contributed by atoms with van der Waals surface area (Å²) < 4.78 is 0. The number of rotatable bonds is 1. The highest BCUT2D eigenvalue weighted by Crippen LogP contribution is 2.05. The molecule has 2 heterocycles. The highest BCUT2D eigenvalue weighted by Gasteiger charge is 2.04. The van der Waals surface area contributed by atoms with Gasteiger partial charge in [0.2, 0.25) is 0 Å². The number of aliphatic imine (C=N–C) groups is 1. The van der Waals surface area contributed by atoms with Crippen LogP contribution >= 0.6 is 0 Å². The molecule has 0 saturated carbocycles. The predicted octanol–water partition coefficient (Wildman–Crippen LogP) is 2.78. The summed E-state index contributed by atoms with van der Waals surface area (Å²) in [7, 11) is 0. The van der Waals surface area contributed by atoms with Crippen LogP contribution in [-0.4, -0.2) is 24.8 Å². The van der Waals surface area contributed by atoms with Gasteiger partial charge in [0, 0.05) is 18.3 Å². The molecule has 0 spiro atoms. The van der Waals surface area contributed by atoms with E-state index in [2.05, 4.69) is 24.2 Å². The Hall–Kier alpha value is -0.370. The summed E-state index contributed by atoms with van der Waals surface area (Å²) in [5, 5.41) is 3.38. The fourth-order valence-electron chi connectivity index (χ4n) is 1.91. The molecule has 2 aliphatic heterocycles. The van der Waals surface area contributed by atoms with E-state index in [1.807, 2.05) is 0 Å². The summed E-state index contributed by atoms with van der Waals surface area (Å²) in [6.45, 7) is 6.74. The fourth-order valence-corrected chi connectivity index (χ4v) is 1.91. The van der Waals surface area contributed by atoms with Gasteiger partial charge in [0.25, 0.3) is 0 Å². The number of piperidine rings is 1. The molecule has 0 amide bonds. The second-order valence-corrected chi connectivity index (χ2v) is 4.26. The first kappa shape index (κ1) is 11.7. The van der Waals surface area contributed by atoms with Gasteiger partial charge in [-0.05, 0) is 45.6 Å². The van der Waals surface area contributed by atoms with Crippen molar-refractivity contribution in [2.45, 2.75) is 58.4 Å². The maximum Gasteiger partial charge on any atom is 0.0392 e. The van der Waals surface area contributed by atoms with E-state index in [4.69, 9.17) is 0 Å². The van der Waals surface area contributed by atoms with Gasteiger partial charge >= 0.3 is 0 Å². The van der Waals surface area contributed by atoms with Crippen molar-refractivity contribution in [2.24, 2.45) is 4.99 Å². The lowest BCUT2D eigenvalue weighted by Gasteiger charge is -2.18. The number of nitrogens with one attached hydrogen (secondary N) is 1. The van der Waals surface area contributed by atoms with Crippen molar-refractivity contribution >= 4 is 5.71 Å². The first-order valence-electron chi connectivity index (χ1n) is 6.08. The molecule has 0 aromatic heterocycles. The molecular weight excluding hydrogens is 172 g/mol. The molecule has 1 N–H and O–H groups in total.